The van der Waals surface area contributed by atoms with Crippen molar-refractivity contribution in [3.63, 3.8) is 0 Å². The molecule has 0 aliphatic rings. The molecule has 0 atom stereocenters. The first kappa shape index (κ1) is 20.4. The molecule has 0 unspecified atom stereocenters. The van der Waals surface area contributed by atoms with Crippen molar-refractivity contribution >= 4 is 33.4 Å². The van der Waals surface area contributed by atoms with Crippen LogP contribution in [-0.2, 0) is 7.05 Å². The molecule has 8 heteroatoms. The Bertz CT molecular complexity index is 1570. The molecule has 0 aliphatic heterocycles. The number of methoxy groups -OCH3 is 1. The van der Waals surface area contributed by atoms with Gasteiger partial charge >= 0.3 is 0 Å². The minimum Gasteiger partial charge on any atom is -0.497 e. The molecule has 7 nitrogen and oxygen atoms in total. The van der Waals surface area contributed by atoms with Crippen LogP contribution in [0.15, 0.2) is 77.6 Å². The Kier molecular flexibility index (Phi) is 4.90. The molecule has 0 bridgehead atoms. The molecule has 5 rings (SSSR count). The van der Waals surface area contributed by atoms with Gasteiger partial charge in [0.15, 0.2) is 5.69 Å². The number of nitrogens with zero attached hydrogens (tertiary/aromatic N) is 3. The summed E-state index contributed by atoms with van der Waals surface area (Å²) in [5.74, 6) is -0.285. The van der Waals surface area contributed by atoms with E-state index in [1.165, 1.54) is 28.9 Å². The summed E-state index contributed by atoms with van der Waals surface area (Å²) in [6, 6.07) is 19.7. The summed E-state index contributed by atoms with van der Waals surface area (Å²) in [4.78, 5) is 26.9. The number of benzene rings is 3. The Morgan fingerprint density at radius 3 is 2.39 bits per heavy atom. The van der Waals surface area contributed by atoms with Gasteiger partial charge in [-0.15, -0.1) is 0 Å². The summed E-state index contributed by atoms with van der Waals surface area (Å²) in [5, 5.41) is 8.42. The van der Waals surface area contributed by atoms with E-state index in [0.717, 1.165) is 10.9 Å². The van der Waals surface area contributed by atoms with E-state index in [4.69, 9.17) is 4.74 Å². The van der Waals surface area contributed by atoms with Gasteiger partial charge in [-0.1, -0.05) is 18.2 Å². The summed E-state index contributed by atoms with van der Waals surface area (Å²) in [6.45, 7) is 0. The van der Waals surface area contributed by atoms with E-state index in [1.54, 1.807) is 43.0 Å². The Morgan fingerprint density at radius 2 is 1.70 bits per heavy atom. The number of para-hydroxylation sites is 1. The number of aromatic nitrogens is 3. The number of fused-ring (bicyclic) bond motifs is 3. The molecule has 2 aromatic heterocycles. The Labute approximate surface area is 187 Å². The number of carbonyl (C=O) groups is 1. The maximum Gasteiger partial charge on any atom is 0.296 e. The predicted molar refractivity (Wildman–Crippen MR) is 125 cm³/mol. The molecule has 3 aromatic carbocycles. The molecule has 0 aliphatic carbocycles. The number of hydrogen-bond donors (Lipinski definition) is 1. The standard InChI is InChI=1S/C25H19FN4O3/c1-29-20-6-4-3-5-19(20)21-22(24(31)27-16-9-7-15(26)8-10-16)28-30(25(32)23(21)29)17-11-13-18(33-2)14-12-17/h3-14H,1-2H3,(H,27,31). The van der Waals surface area contributed by atoms with Crippen molar-refractivity contribution in [3.8, 4) is 11.4 Å². The van der Waals surface area contributed by atoms with Crippen LogP contribution >= 0.6 is 0 Å². The zero-order valence-corrected chi connectivity index (χ0v) is 17.9. The van der Waals surface area contributed by atoms with Gasteiger partial charge in [0, 0.05) is 29.0 Å². The highest BCUT2D eigenvalue weighted by molar-refractivity contribution is 6.19. The van der Waals surface area contributed by atoms with Gasteiger partial charge in [-0.3, -0.25) is 9.59 Å². The molecule has 0 saturated heterocycles. The van der Waals surface area contributed by atoms with Gasteiger partial charge in [0.1, 0.15) is 17.1 Å². The fourth-order valence-corrected chi connectivity index (χ4v) is 3.96. The van der Waals surface area contributed by atoms with E-state index >= 15 is 0 Å². The minimum atomic E-state index is -0.509. The number of nitrogens with one attached hydrogen (secondary N) is 1. The smallest absolute Gasteiger partial charge is 0.296 e. The van der Waals surface area contributed by atoms with Gasteiger partial charge in [-0.2, -0.15) is 9.78 Å². The lowest BCUT2D eigenvalue weighted by Crippen LogP contribution is -2.27. The average molecular weight is 442 g/mol. The number of rotatable bonds is 4. The molecule has 33 heavy (non-hydrogen) atoms. The summed E-state index contributed by atoms with van der Waals surface area (Å²) < 4.78 is 21.5. The second-order valence-corrected chi connectivity index (χ2v) is 7.52. The monoisotopic (exact) mass is 442 g/mol. The lowest BCUT2D eigenvalue weighted by atomic mass is 10.1. The van der Waals surface area contributed by atoms with Gasteiger partial charge < -0.3 is 14.6 Å². The van der Waals surface area contributed by atoms with Crippen molar-refractivity contribution in [3.05, 3.63) is 94.7 Å². The molecule has 1 N–H and O–H groups in total. The first-order chi connectivity index (χ1) is 16.0. The summed E-state index contributed by atoms with van der Waals surface area (Å²) in [7, 11) is 3.34. The number of amides is 1. The van der Waals surface area contributed by atoms with E-state index in [1.807, 2.05) is 24.3 Å². The normalized spacial score (nSPS) is 11.1. The number of ether oxygens (including phenoxy) is 1. The molecule has 1 amide bonds. The van der Waals surface area contributed by atoms with Crippen molar-refractivity contribution in [2.24, 2.45) is 7.05 Å². The number of carbonyl (C=O) groups excluding carboxylic acids is 1. The first-order valence-electron chi connectivity index (χ1n) is 10.2. The van der Waals surface area contributed by atoms with Crippen LogP contribution in [-0.4, -0.2) is 27.4 Å². The molecular formula is C25H19FN4O3. The van der Waals surface area contributed by atoms with Crippen LogP contribution in [0, 0.1) is 5.82 Å². The Balaban J connectivity index is 1.77. The van der Waals surface area contributed by atoms with Crippen LogP contribution in [0.1, 0.15) is 10.5 Å². The van der Waals surface area contributed by atoms with Crippen LogP contribution in [0.4, 0.5) is 10.1 Å². The second-order valence-electron chi connectivity index (χ2n) is 7.52. The summed E-state index contributed by atoms with van der Waals surface area (Å²) in [5.41, 5.74) is 1.79. The lowest BCUT2D eigenvalue weighted by Gasteiger charge is -2.11. The Morgan fingerprint density at radius 1 is 1.00 bits per heavy atom. The lowest BCUT2D eigenvalue weighted by molar-refractivity contribution is 0.102. The third-order valence-electron chi connectivity index (χ3n) is 5.57. The maximum absolute atomic E-state index is 13.5. The molecule has 0 fully saturated rings. The van der Waals surface area contributed by atoms with E-state index in [-0.39, 0.29) is 11.3 Å². The topological polar surface area (TPSA) is 78.2 Å². The van der Waals surface area contributed by atoms with Gasteiger partial charge in [0.2, 0.25) is 0 Å². The average Bonchev–Trinajstić information content (AvgIpc) is 3.14. The SMILES string of the molecule is COc1ccc(-n2nc(C(=O)Nc3ccc(F)cc3)c3c4ccccc4n(C)c3c2=O)cc1. The fraction of sp³-hybridized carbons (Fsp3) is 0.0800. The van der Waals surface area contributed by atoms with Crippen molar-refractivity contribution in [2.75, 3.05) is 12.4 Å². The van der Waals surface area contributed by atoms with Crippen molar-refractivity contribution in [2.45, 2.75) is 0 Å². The van der Waals surface area contributed by atoms with Crippen molar-refractivity contribution in [1.82, 2.24) is 14.3 Å². The van der Waals surface area contributed by atoms with Gasteiger partial charge in [0.05, 0.1) is 12.8 Å². The van der Waals surface area contributed by atoms with E-state index in [0.29, 0.717) is 28.0 Å². The van der Waals surface area contributed by atoms with Crippen molar-refractivity contribution in [1.29, 1.82) is 0 Å². The zero-order chi connectivity index (χ0) is 23.1. The minimum absolute atomic E-state index is 0.0848. The highest BCUT2D eigenvalue weighted by Gasteiger charge is 2.23. The van der Waals surface area contributed by atoms with Crippen LogP contribution in [0.2, 0.25) is 0 Å². The largest absolute Gasteiger partial charge is 0.497 e. The number of anilines is 1. The Hall–Kier alpha value is -4.46. The molecule has 5 aromatic rings. The van der Waals surface area contributed by atoms with Crippen LogP contribution < -0.4 is 15.6 Å². The molecule has 0 saturated carbocycles. The predicted octanol–water partition coefficient (Wildman–Crippen LogP) is 4.28. The molecule has 0 spiro atoms. The maximum atomic E-state index is 13.5. The van der Waals surface area contributed by atoms with Crippen molar-refractivity contribution < 1.29 is 13.9 Å². The number of hydrogen-bond acceptors (Lipinski definition) is 4. The molecule has 0 radical (unpaired) electrons. The number of halogens is 1. The highest BCUT2D eigenvalue weighted by atomic mass is 19.1. The van der Waals surface area contributed by atoms with E-state index < -0.39 is 11.7 Å². The summed E-state index contributed by atoms with van der Waals surface area (Å²) >= 11 is 0. The van der Waals surface area contributed by atoms with Gasteiger partial charge in [0.25, 0.3) is 11.5 Å². The van der Waals surface area contributed by atoms with E-state index in [9.17, 15) is 14.0 Å². The zero-order valence-electron chi connectivity index (χ0n) is 17.9. The van der Waals surface area contributed by atoms with Crippen LogP contribution in [0.25, 0.3) is 27.5 Å². The molecule has 164 valence electrons. The number of aryl methyl sites for hydroxylation is 1. The van der Waals surface area contributed by atoms with Gasteiger partial charge in [-0.05, 0) is 54.6 Å². The third-order valence-corrected chi connectivity index (χ3v) is 5.57. The first-order valence-corrected chi connectivity index (χ1v) is 10.2. The quantitative estimate of drug-likeness (QED) is 0.451. The van der Waals surface area contributed by atoms with Crippen LogP contribution in [0.3, 0.4) is 0 Å². The third kappa shape index (κ3) is 3.41. The fourth-order valence-electron chi connectivity index (χ4n) is 3.96. The summed E-state index contributed by atoms with van der Waals surface area (Å²) in [6.07, 6.45) is 0. The van der Waals surface area contributed by atoms with Gasteiger partial charge in [-0.25, -0.2) is 4.39 Å². The second kappa shape index (κ2) is 7.90. The van der Waals surface area contributed by atoms with E-state index in [2.05, 4.69) is 10.4 Å². The molecular weight excluding hydrogens is 423 g/mol. The highest BCUT2D eigenvalue weighted by Crippen LogP contribution is 2.29. The van der Waals surface area contributed by atoms with Crippen LogP contribution in [0.5, 0.6) is 5.75 Å². The molecule has 2 heterocycles.